The summed E-state index contributed by atoms with van der Waals surface area (Å²) >= 11 is 0. The van der Waals surface area contributed by atoms with Crippen LogP contribution < -0.4 is 0 Å². The van der Waals surface area contributed by atoms with E-state index in [1.54, 1.807) is 23.0 Å². The Morgan fingerprint density at radius 1 is 1.30 bits per heavy atom. The highest BCUT2D eigenvalue weighted by atomic mass is 16.4. The summed E-state index contributed by atoms with van der Waals surface area (Å²) in [6, 6.07) is 9.18. The number of H-pyrrole nitrogens is 1. The Balaban J connectivity index is 1.92. The highest BCUT2D eigenvalue weighted by Gasteiger charge is 2.13. The van der Waals surface area contributed by atoms with E-state index in [2.05, 4.69) is 20.1 Å². The van der Waals surface area contributed by atoms with Gasteiger partial charge in [0.2, 0.25) is 0 Å². The Bertz CT molecular complexity index is 1050. The smallest absolute Gasteiger partial charge is 0.354 e. The van der Waals surface area contributed by atoms with Gasteiger partial charge >= 0.3 is 5.97 Å². The van der Waals surface area contributed by atoms with E-state index in [1.807, 2.05) is 25.1 Å². The number of aromatic carboxylic acids is 1. The number of aromatic nitrogens is 5. The lowest BCUT2D eigenvalue weighted by Crippen LogP contribution is -2.06. The molecule has 0 aliphatic rings. The van der Waals surface area contributed by atoms with E-state index in [4.69, 9.17) is 0 Å². The van der Waals surface area contributed by atoms with E-state index >= 15 is 0 Å². The van der Waals surface area contributed by atoms with E-state index in [0.29, 0.717) is 12.1 Å². The van der Waals surface area contributed by atoms with Gasteiger partial charge in [-0.25, -0.2) is 19.3 Å². The number of imidazole rings is 1. The summed E-state index contributed by atoms with van der Waals surface area (Å²) in [6.45, 7) is 1.96. The number of hydrogen-bond acceptors (Lipinski definition) is 4. The molecule has 0 fully saturated rings. The molecule has 0 unspecified atom stereocenters. The first-order valence-electron chi connectivity index (χ1n) is 7.22. The van der Waals surface area contributed by atoms with Crippen molar-refractivity contribution in [2.24, 2.45) is 0 Å². The Morgan fingerprint density at radius 2 is 2.17 bits per heavy atom. The maximum Gasteiger partial charge on any atom is 0.354 e. The Labute approximate surface area is 130 Å². The molecule has 4 rings (SSSR count). The zero-order valence-electron chi connectivity index (χ0n) is 12.3. The van der Waals surface area contributed by atoms with Crippen molar-refractivity contribution in [2.75, 3.05) is 0 Å². The molecule has 3 aromatic heterocycles. The molecule has 0 saturated carbocycles. The fraction of sp³-hybridized carbons (Fsp3) is 0.125. The lowest BCUT2D eigenvalue weighted by Gasteiger charge is -2.02. The van der Waals surface area contributed by atoms with Crippen LogP contribution in [0.1, 0.15) is 23.1 Å². The summed E-state index contributed by atoms with van der Waals surface area (Å²) < 4.78 is 1.69. The van der Waals surface area contributed by atoms with E-state index in [0.717, 1.165) is 28.0 Å². The minimum absolute atomic E-state index is 0.0322. The van der Waals surface area contributed by atoms with Crippen molar-refractivity contribution >= 4 is 22.6 Å². The van der Waals surface area contributed by atoms with Crippen molar-refractivity contribution in [1.29, 1.82) is 0 Å². The fourth-order valence-electron chi connectivity index (χ4n) is 2.63. The molecule has 7 nitrogen and oxygen atoms in total. The summed E-state index contributed by atoms with van der Waals surface area (Å²) in [5.74, 6) is -1.04. The van der Waals surface area contributed by atoms with Crippen molar-refractivity contribution in [3.8, 4) is 11.3 Å². The number of nitrogens with zero attached hydrogens (tertiary/aromatic N) is 4. The topological polar surface area (TPSA) is 96.2 Å². The summed E-state index contributed by atoms with van der Waals surface area (Å²) in [7, 11) is 0. The zero-order chi connectivity index (χ0) is 16.0. The first-order valence-corrected chi connectivity index (χ1v) is 7.22. The molecule has 3 heterocycles. The average Bonchev–Trinajstić information content (AvgIpc) is 3.19. The SMILES string of the molecule is CCc1cc(C(=O)O)nc2cc(-c3ccc4nc[nH]c4c3)nn12. The fourth-order valence-corrected chi connectivity index (χ4v) is 2.63. The molecule has 0 atom stereocenters. The molecule has 0 spiro atoms. The number of fused-ring (bicyclic) bond motifs is 2. The Morgan fingerprint density at radius 3 is 2.96 bits per heavy atom. The maximum absolute atomic E-state index is 11.2. The first-order chi connectivity index (χ1) is 11.2. The molecule has 0 amide bonds. The second-order valence-electron chi connectivity index (χ2n) is 5.23. The minimum Gasteiger partial charge on any atom is -0.477 e. The summed E-state index contributed by atoms with van der Waals surface area (Å²) in [5.41, 5.74) is 4.84. The van der Waals surface area contributed by atoms with Gasteiger partial charge in [0.25, 0.3) is 0 Å². The number of benzene rings is 1. The van der Waals surface area contributed by atoms with Crippen LogP contribution in [0.15, 0.2) is 36.7 Å². The normalized spacial score (nSPS) is 11.3. The predicted octanol–water partition coefficient (Wildman–Crippen LogP) is 2.53. The van der Waals surface area contributed by atoms with Crippen molar-refractivity contribution in [1.82, 2.24) is 24.6 Å². The second-order valence-corrected chi connectivity index (χ2v) is 5.23. The Kier molecular flexibility index (Phi) is 2.87. The summed E-state index contributed by atoms with van der Waals surface area (Å²) in [5, 5.41) is 13.8. The molecule has 0 radical (unpaired) electrons. The molecule has 0 aliphatic heterocycles. The van der Waals surface area contributed by atoms with Gasteiger partial charge in [0.05, 0.1) is 23.1 Å². The lowest BCUT2D eigenvalue weighted by atomic mass is 10.1. The van der Waals surface area contributed by atoms with Gasteiger partial charge < -0.3 is 10.1 Å². The highest BCUT2D eigenvalue weighted by Crippen LogP contribution is 2.23. The number of carboxylic acid groups (broad SMARTS) is 1. The number of rotatable bonds is 3. The summed E-state index contributed by atoms with van der Waals surface area (Å²) in [4.78, 5) is 22.6. The number of carboxylic acids is 1. The van der Waals surface area contributed by atoms with Crippen LogP contribution in [0.5, 0.6) is 0 Å². The van der Waals surface area contributed by atoms with Crippen molar-refractivity contribution in [3.05, 3.63) is 48.0 Å². The predicted molar refractivity (Wildman–Crippen MR) is 84.4 cm³/mol. The van der Waals surface area contributed by atoms with Gasteiger partial charge in [-0.05, 0) is 24.6 Å². The van der Waals surface area contributed by atoms with Gasteiger partial charge in [-0.15, -0.1) is 0 Å². The molecule has 114 valence electrons. The molecular weight excluding hydrogens is 294 g/mol. The number of aromatic amines is 1. The van der Waals surface area contributed by atoms with Crippen LogP contribution in [0, 0.1) is 0 Å². The van der Waals surface area contributed by atoms with E-state index < -0.39 is 5.97 Å². The van der Waals surface area contributed by atoms with Crippen LogP contribution >= 0.6 is 0 Å². The molecule has 0 aliphatic carbocycles. The molecule has 2 N–H and O–H groups in total. The van der Waals surface area contributed by atoms with Gasteiger partial charge in [-0.1, -0.05) is 13.0 Å². The van der Waals surface area contributed by atoms with E-state index in [1.165, 1.54) is 0 Å². The van der Waals surface area contributed by atoms with Crippen LogP contribution in [0.3, 0.4) is 0 Å². The van der Waals surface area contributed by atoms with Gasteiger partial charge in [-0.3, -0.25) is 0 Å². The van der Waals surface area contributed by atoms with Crippen molar-refractivity contribution < 1.29 is 9.90 Å². The third-order valence-corrected chi connectivity index (χ3v) is 3.80. The van der Waals surface area contributed by atoms with Crippen LogP contribution in [0.4, 0.5) is 0 Å². The molecule has 7 heteroatoms. The van der Waals surface area contributed by atoms with E-state index in [-0.39, 0.29) is 5.69 Å². The monoisotopic (exact) mass is 307 g/mol. The molecule has 23 heavy (non-hydrogen) atoms. The standard InChI is InChI=1S/C16H13N5O2/c1-2-10-6-14(16(22)23)19-15-7-12(20-21(10)15)9-3-4-11-13(5-9)18-8-17-11/h3-8H,2H2,1H3,(H,17,18)(H,22,23). The molecule has 4 aromatic rings. The highest BCUT2D eigenvalue weighted by molar-refractivity contribution is 5.86. The van der Waals surface area contributed by atoms with Gasteiger partial charge in [0, 0.05) is 17.3 Å². The van der Waals surface area contributed by atoms with Gasteiger partial charge in [0.15, 0.2) is 11.3 Å². The lowest BCUT2D eigenvalue weighted by molar-refractivity contribution is 0.0690. The first kappa shape index (κ1) is 13.4. The Hall–Kier alpha value is -3.22. The van der Waals surface area contributed by atoms with Crippen LogP contribution in [-0.2, 0) is 6.42 Å². The second kappa shape index (κ2) is 4.91. The molecule has 1 aromatic carbocycles. The van der Waals surface area contributed by atoms with Crippen molar-refractivity contribution in [3.63, 3.8) is 0 Å². The quantitative estimate of drug-likeness (QED) is 0.606. The molecule has 0 saturated heterocycles. The molecular formula is C16H13N5O2. The van der Waals surface area contributed by atoms with Crippen LogP contribution in [-0.4, -0.2) is 35.6 Å². The van der Waals surface area contributed by atoms with Crippen LogP contribution in [0.25, 0.3) is 27.9 Å². The average molecular weight is 307 g/mol. The van der Waals surface area contributed by atoms with Gasteiger partial charge in [-0.2, -0.15) is 5.10 Å². The molecule has 0 bridgehead atoms. The zero-order valence-corrected chi connectivity index (χ0v) is 12.3. The third kappa shape index (κ3) is 2.13. The number of nitrogens with one attached hydrogen (secondary N) is 1. The van der Waals surface area contributed by atoms with E-state index in [9.17, 15) is 9.90 Å². The van der Waals surface area contributed by atoms with Crippen LogP contribution in [0.2, 0.25) is 0 Å². The maximum atomic E-state index is 11.2. The number of aryl methyl sites for hydroxylation is 1. The van der Waals surface area contributed by atoms with Crippen molar-refractivity contribution in [2.45, 2.75) is 13.3 Å². The number of hydrogen-bond donors (Lipinski definition) is 2. The number of carbonyl (C=O) groups is 1. The van der Waals surface area contributed by atoms with Gasteiger partial charge in [0.1, 0.15) is 0 Å². The largest absolute Gasteiger partial charge is 0.477 e. The minimum atomic E-state index is -1.04. The third-order valence-electron chi connectivity index (χ3n) is 3.80. The summed E-state index contributed by atoms with van der Waals surface area (Å²) in [6.07, 6.45) is 2.31.